The maximum Gasteiger partial charge on any atom is 0.127 e. The Bertz CT molecular complexity index is 602. The minimum atomic E-state index is 0.715. The molecule has 0 aliphatic carbocycles. The lowest BCUT2D eigenvalue weighted by atomic mass is 10.0. The molecule has 0 heterocycles. The second-order valence-corrected chi connectivity index (χ2v) is 6.56. The lowest BCUT2D eigenvalue weighted by Gasteiger charge is -2.09. The zero-order valence-electron chi connectivity index (χ0n) is 12.7. The van der Waals surface area contributed by atoms with Crippen LogP contribution in [0.3, 0.4) is 0 Å². The number of halogens is 2. The molecule has 1 nitrogen and oxygen atoms in total. The second-order valence-electron chi connectivity index (χ2n) is 5.04. The number of hydrogen-bond acceptors (Lipinski definition) is 1. The summed E-state index contributed by atoms with van der Waals surface area (Å²) in [6.07, 6.45) is 5.86. The van der Waals surface area contributed by atoms with Crippen molar-refractivity contribution < 1.29 is 4.74 Å². The molecule has 0 saturated carbocycles. The van der Waals surface area contributed by atoms with E-state index in [0.29, 0.717) is 5.02 Å². The third-order valence-electron chi connectivity index (χ3n) is 3.45. The number of hydrogen-bond donors (Lipinski definition) is 0. The molecule has 0 atom stereocenters. The van der Waals surface area contributed by atoms with Crippen molar-refractivity contribution in [1.29, 1.82) is 0 Å². The van der Waals surface area contributed by atoms with Gasteiger partial charge in [-0.25, -0.2) is 0 Å². The predicted molar refractivity (Wildman–Crippen MR) is 104 cm³/mol. The molecule has 2 aromatic carbocycles. The molecule has 2 aromatic rings. The maximum absolute atomic E-state index is 5.88. The van der Waals surface area contributed by atoms with E-state index < -0.39 is 0 Å². The predicted octanol–water partition coefficient (Wildman–Crippen LogP) is 7.14. The van der Waals surface area contributed by atoms with Gasteiger partial charge in [0, 0.05) is 5.02 Å². The Morgan fingerprint density at radius 2 is 1.59 bits per heavy atom. The van der Waals surface area contributed by atoms with Crippen molar-refractivity contribution in [1.82, 2.24) is 0 Å². The Morgan fingerprint density at radius 3 is 2.14 bits per heavy atom. The van der Waals surface area contributed by atoms with Crippen LogP contribution in [0.5, 0.6) is 11.5 Å². The summed E-state index contributed by atoms with van der Waals surface area (Å²) in [5.41, 5.74) is 2.68. The van der Waals surface area contributed by atoms with Crippen LogP contribution in [0.4, 0.5) is 0 Å². The fraction of sp³-hybridized carbons (Fsp3) is 0.263. The molecule has 0 unspecified atom stereocenters. The third kappa shape index (κ3) is 5.33. The summed E-state index contributed by atoms with van der Waals surface area (Å²) in [5, 5.41) is 0.715. The van der Waals surface area contributed by atoms with E-state index in [2.05, 4.69) is 47.7 Å². The number of allylic oxidation sites excluding steroid dienone is 2. The molecular formula is C19H20ClIO. The Morgan fingerprint density at radius 1 is 1.00 bits per heavy atom. The van der Waals surface area contributed by atoms with Crippen molar-refractivity contribution in [3.05, 3.63) is 65.2 Å². The molecule has 0 amide bonds. The van der Waals surface area contributed by atoms with E-state index in [9.17, 15) is 0 Å². The first-order valence-corrected chi connectivity index (χ1v) is 9.38. The quantitative estimate of drug-likeness (QED) is 0.260. The van der Waals surface area contributed by atoms with Gasteiger partial charge in [0.05, 0.1) is 0 Å². The van der Waals surface area contributed by atoms with Crippen molar-refractivity contribution in [2.45, 2.75) is 26.2 Å². The van der Waals surface area contributed by atoms with Crippen molar-refractivity contribution >= 4 is 39.8 Å². The van der Waals surface area contributed by atoms with Crippen molar-refractivity contribution in [3.8, 4) is 11.5 Å². The molecule has 0 aliphatic rings. The molecule has 22 heavy (non-hydrogen) atoms. The van der Waals surface area contributed by atoms with E-state index in [4.69, 9.17) is 16.3 Å². The standard InChI is InChI=1S/C19H20ClIO/c1-2-15(5-3-4-14-21)16-6-10-18(11-7-16)22-19-12-8-17(20)9-13-19/h2,6-13H,3-5,14H2,1H3. The highest BCUT2D eigenvalue weighted by molar-refractivity contribution is 14.1. The Balaban J connectivity index is 2.01. The van der Waals surface area contributed by atoms with Gasteiger partial charge in [0.15, 0.2) is 0 Å². The van der Waals surface area contributed by atoms with Crippen LogP contribution in [-0.2, 0) is 0 Å². The van der Waals surface area contributed by atoms with Gasteiger partial charge in [-0.05, 0) is 78.1 Å². The van der Waals surface area contributed by atoms with Gasteiger partial charge < -0.3 is 4.74 Å². The number of unbranched alkanes of at least 4 members (excludes halogenated alkanes) is 1. The van der Waals surface area contributed by atoms with Gasteiger partial charge in [0.2, 0.25) is 0 Å². The number of alkyl halides is 1. The molecule has 2 rings (SSSR count). The van der Waals surface area contributed by atoms with Crippen LogP contribution in [-0.4, -0.2) is 4.43 Å². The molecule has 0 radical (unpaired) electrons. The summed E-state index contributed by atoms with van der Waals surface area (Å²) in [7, 11) is 0. The summed E-state index contributed by atoms with van der Waals surface area (Å²) in [4.78, 5) is 0. The van der Waals surface area contributed by atoms with Crippen LogP contribution >= 0.6 is 34.2 Å². The van der Waals surface area contributed by atoms with Gasteiger partial charge >= 0.3 is 0 Å². The van der Waals surface area contributed by atoms with Crippen LogP contribution in [0, 0.1) is 0 Å². The lowest BCUT2D eigenvalue weighted by Crippen LogP contribution is -1.88. The zero-order chi connectivity index (χ0) is 15.8. The van der Waals surface area contributed by atoms with E-state index in [-0.39, 0.29) is 0 Å². The first-order valence-electron chi connectivity index (χ1n) is 7.48. The van der Waals surface area contributed by atoms with Gasteiger partial charge in [-0.1, -0.05) is 52.4 Å². The molecule has 0 bridgehead atoms. The van der Waals surface area contributed by atoms with Crippen molar-refractivity contribution in [3.63, 3.8) is 0 Å². The molecule has 116 valence electrons. The average molecular weight is 427 g/mol. The van der Waals surface area contributed by atoms with Gasteiger partial charge in [0.25, 0.3) is 0 Å². The highest BCUT2D eigenvalue weighted by atomic mass is 127. The van der Waals surface area contributed by atoms with Crippen LogP contribution < -0.4 is 4.74 Å². The Hall–Kier alpha value is -1.00. The van der Waals surface area contributed by atoms with Crippen molar-refractivity contribution in [2.24, 2.45) is 0 Å². The molecule has 0 N–H and O–H groups in total. The molecule has 0 aliphatic heterocycles. The number of rotatable bonds is 7. The van der Waals surface area contributed by atoms with Gasteiger partial charge in [-0.15, -0.1) is 0 Å². The molecule has 3 heteroatoms. The zero-order valence-corrected chi connectivity index (χ0v) is 15.6. The van der Waals surface area contributed by atoms with Gasteiger partial charge in [0.1, 0.15) is 11.5 Å². The molecule has 0 aromatic heterocycles. The summed E-state index contributed by atoms with van der Waals surface area (Å²) in [5.74, 6) is 1.64. The minimum Gasteiger partial charge on any atom is -0.457 e. The maximum atomic E-state index is 5.88. The summed E-state index contributed by atoms with van der Waals surface area (Å²) >= 11 is 8.31. The van der Waals surface area contributed by atoms with Gasteiger partial charge in [-0.2, -0.15) is 0 Å². The number of ether oxygens (including phenoxy) is 1. The highest BCUT2D eigenvalue weighted by Crippen LogP contribution is 2.26. The van der Waals surface area contributed by atoms with E-state index in [1.807, 2.05) is 36.4 Å². The van der Waals surface area contributed by atoms with E-state index in [0.717, 1.165) is 17.9 Å². The largest absolute Gasteiger partial charge is 0.457 e. The average Bonchev–Trinajstić information content (AvgIpc) is 2.55. The molecular weight excluding hydrogens is 407 g/mol. The smallest absolute Gasteiger partial charge is 0.127 e. The third-order valence-corrected chi connectivity index (χ3v) is 4.47. The Kier molecular flexibility index (Phi) is 7.26. The second kappa shape index (κ2) is 9.21. The van der Waals surface area contributed by atoms with Crippen molar-refractivity contribution in [2.75, 3.05) is 4.43 Å². The summed E-state index contributed by atoms with van der Waals surface area (Å²) < 4.78 is 7.05. The number of benzene rings is 2. The summed E-state index contributed by atoms with van der Waals surface area (Å²) in [6, 6.07) is 15.7. The monoisotopic (exact) mass is 426 g/mol. The molecule has 0 fully saturated rings. The van der Waals surface area contributed by atoms with E-state index in [1.165, 1.54) is 28.4 Å². The van der Waals surface area contributed by atoms with Gasteiger partial charge in [-0.3, -0.25) is 0 Å². The van der Waals surface area contributed by atoms with Crippen LogP contribution in [0.2, 0.25) is 5.02 Å². The van der Waals surface area contributed by atoms with Crippen LogP contribution in [0.1, 0.15) is 31.7 Å². The van der Waals surface area contributed by atoms with E-state index >= 15 is 0 Å². The summed E-state index contributed by atoms with van der Waals surface area (Å²) in [6.45, 7) is 2.11. The van der Waals surface area contributed by atoms with E-state index in [1.54, 1.807) is 0 Å². The lowest BCUT2D eigenvalue weighted by molar-refractivity contribution is 0.482. The SMILES string of the molecule is CC=C(CCCCI)c1ccc(Oc2ccc(Cl)cc2)cc1. The normalized spacial score (nSPS) is 11.5. The fourth-order valence-electron chi connectivity index (χ4n) is 2.24. The fourth-order valence-corrected chi connectivity index (χ4v) is 2.91. The highest BCUT2D eigenvalue weighted by Gasteiger charge is 2.02. The Labute approximate surface area is 151 Å². The van der Waals surface area contributed by atoms with Crippen LogP contribution in [0.15, 0.2) is 54.6 Å². The van der Waals surface area contributed by atoms with Crippen LogP contribution in [0.25, 0.3) is 5.57 Å². The first kappa shape index (κ1) is 17.4. The minimum absolute atomic E-state index is 0.715. The topological polar surface area (TPSA) is 9.23 Å². The molecule has 0 saturated heterocycles. The molecule has 0 spiro atoms. The first-order chi connectivity index (χ1) is 10.7.